The van der Waals surface area contributed by atoms with Crippen LogP contribution >= 0.6 is 0 Å². The van der Waals surface area contributed by atoms with Crippen molar-refractivity contribution in [2.45, 2.75) is 51.6 Å². The van der Waals surface area contributed by atoms with Crippen molar-refractivity contribution in [1.82, 2.24) is 15.1 Å². The van der Waals surface area contributed by atoms with Crippen LogP contribution in [-0.2, 0) is 13.1 Å². The van der Waals surface area contributed by atoms with Gasteiger partial charge in [0.1, 0.15) is 0 Å². The first kappa shape index (κ1) is 15.3. The van der Waals surface area contributed by atoms with E-state index in [4.69, 9.17) is 0 Å². The van der Waals surface area contributed by atoms with Crippen LogP contribution in [0.4, 0.5) is 0 Å². The molecule has 0 aliphatic heterocycles. The Hall–Kier alpha value is -1.61. The summed E-state index contributed by atoms with van der Waals surface area (Å²) in [6.45, 7) is 1.98. The molecule has 0 atom stereocenters. The van der Waals surface area contributed by atoms with E-state index >= 15 is 0 Å². The average molecular weight is 297 g/mol. The predicted octanol–water partition coefficient (Wildman–Crippen LogP) is 4.24. The molecule has 1 heterocycles. The fourth-order valence-electron chi connectivity index (χ4n) is 3.44. The molecule has 3 rings (SSSR count). The van der Waals surface area contributed by atoms with Crippen LogP contribution in [0.25, 0.3) is 11.1 Å². The molecule has 0 amide bonds. The van der Waals surface area contributed by atoms with Gasteiger partial charge in [-0.15, -0.1) is 0 Å². The lowest BCUT2D eigenvalue weighted by Gasteiger charge is -2.21. The molecule has 0 unspecified atom stereocenters. The molecule has 1 aliphatic rings. The summed E-state index contributed by atoms with van der Waals surface area (Å²) in [5.41, 5.74) is 3.79. The van der Waals surface area contributed by atoms with Gasteiger partial charge in [0.25, 0.3) is 0 Å². The molecule has 0 spiro atoms. The Morgan fingerprint density at radius 1 is 1.09 bits per heavy atom. The van der Waals surface area contributed by atoms with Gasteiger partial charge in [-0.2, -0.15) is 5.10 Å². The zero-order valence-electron chi connectivity index (χ0n) is 13.6. The number of aryl methyl sites for hydroxylation is 1. The summed E-state index contributed by atoms with van der Waals surface area (Å²) >= 11 is 0. The molecule has 2 aromatic rings. The molecule has 1 aromatic carbocycles. The molecule has 22 heavy (non-hydrogen) atoms. The van der Waals surface area contributed by atoms with Crippen LogP contribution in [0, 0.1) is 5.92 Å². The summed E-state index contributed by atoms with van der Waals surface area (Å²) in [4.78, 5) is 0. The maximum absolute atomic E-state index is 4.54. The third-order valence-electron chi connectivity index (χ3n) is 4.79. The van der Waals surface area contributed by atoms with E-state index in [9.17, 15) is 0 Å². The maximum atomic E-state index is 4.54. The highest BCUT2D eigenvalue weighted by Crippen LogP contribution is 2.27. The van der Waals surface area contributed by atoms with Gasteiger partial charge in [-0.25, -0.2) is 0 Å². The Balaban J connectivity index is 1.58. The van der Waals surface area contributed by atoms with Crippen LogP contribution in [0.5, 0.6) is 0 Å². The van der Waals surface area contributed by atoms with Crippen molar-refractivity contribution in [2.75, 3.05) is 7.05 Å². The number of hydrogen-bond donors (Lipinski definition) is 1. The third-order valence-corrected chi connectivity index (χ3v) is 4.79. The Morgan fingerprint density at radius 3 is 2.59 bits per heavy atom. The first-order valence-electron chi connectivity index (χ1n) is 8.61. The fourth-order valence-corrected chi connectivity index (χ4v) is 3.44. The van der Waals surface area contributed by atoms with Gasteiger partial charge >= 0.3 is 0 Å². The van der Waals surface area contributed by atoms with Crippen molar-refractivity contribution in [3.8, 4) is 11.1 Å². The van der Waals surface area contributed by atoms with Crippen LogP contribution in [0.2, 0.25) is 0 Å². The number of hydrogen-bond acceptors (Lipinski definition) is 2. The second-order valence-electron chi connectivity index (χ2n) is 6.51. The van der Waals surface area contributed by atoms with Gasteiger partial charge < -0.3 is 5.32 Å². The molecule has 1 fully saturated rings. The van der Waals surface area contributed by atoms with E-state index in [-0.39, 0.29) is 0 Å². The minimum absolute atomic E-state index is 0.918. The van der Waals surface area contributed by atoms with Gasteiger partial charge in [0.15, 0.2) is 0 Å². The average Bonchev–Trinajstić information content (AvgIpc) is 3.04. The number of benzene rings is 1. The molecule has 1 N–H and O–H groups in total. The highest BCUT2D eigenvalue weighted by Gasteiger charge is 2.13. The summed E-state index contributed by atoms with van der Waals surface area (Å²) in [5.74, 6) is 0.919. The van der Waals surface area contributed by atoms with Gasteiger partial charge in [-0.1, -0.05) is 56.4 Å². The molecule has 3 nitrogen and oxygen atoms in total. The number of aromatic nitrogens is 2. The topological polar surface area (TPSA) is 29.9 Å². The first-order chi connectivity index (χ1) is 10.8. The SMILES string of the molecule is CNCc1ccc(-c2cnn(CCC3CCCCC3)c2)cc1. The fraction of sp³-hybridized carbons (Fsp3) is 0.526. The summed E-state index contributed by atoms with van der Waals surface area (Å²) in [7, 11) is 1.98. The Kier molecular flexibility index (Phi) is 5.28. The van der Waals surface area contributed by atoms with Gasteiger partial charge in [-0.3, -0.25) is 4.68 Å². The Morgan fingerprint density at radius 2 is 1.86 bits per heavy atom. The van der Waals surface area contributed by atoms with Crippen LogP contribution in [-0.4, -0.2) is 16.8 Å². The smallest absolute Gasteiger partial charge is 0.0568 e. The highest BCUT2D eigenvalue weighted by molar-refractivity contribution is 5.61. The minimum atomic E-state index is 0.918. The Bertz CT molecular complexity index is 565. The second-order valence-corrected chi connectivity index (χ2v) is 6.51. The van der Waals surface area contributed by atoms with E-state index in [1.54, 1.807) is 0 Å². The lowest BCUT2D eigenvalue weighted by molar-refractivity contribution is 0.319. The van der Waals surface area contributed by atoms with Crippen molar-refractivity contribution in [3.63, 3.8) is 0 Å². The zero-order chi connectivity index (χ0) is 15.2. The first-order valence-corrected chi connectivity index (χ1v) is 8.61. The van der Waals surface area contributed by atoms with E-state index in [2.05, 4.69) is 45.6 Å². The maximum Gasteiger partial charge on any atom is 0.0568 e. The number of nitrogens with one attached hydrogen (secondary N) is 1. The molecule has 0 saturated heterocycles. The molecule has 1 aromatic heterocycles. The molecular weight excluding hydrogens is 270 g/mol. The molecular formula is C19H27N3. The summed E-state index contributed by atoms with van der Waals surface area (Å²) in [6, 6.07) is 8.75. The largest absolute Gasteiger partial charge is 0.316 e. The van der Waals surface area contributed by atoms with Crippen molar-refractivity contribution in [3.05, 3.63) is 42.2 Å². The molecule has 3 heteroatoms. The van der Waals surface area contributed by atoms with Crippen molar-refractivity contribution in [2.24, 2.45) is 5.92 Å². The van der Waals surface area contributed by atoms with Gasteiger partial charge in [0.05, 0.1) is 6.20 Å². The Labute approximate surface area is 133 Å². The van der Waals surface area contributed by atoms with Crippen molar-refractivity contribution < 1.29 is 0 Å². The molecule has 0 radical (unpaired) electrons. The van der Waals surface area contributed by atoms with Gasteiger partial charge in [0, 0.05) is 24.8 Å². The van der Waals surface area contributed by atoms with E-state index in [1.165, 1.54) is 55.2 Å². The normalized spacial score (nSPS) is 16.0. The zero-order valence-corrected chi connectivity index (χ0v) is 13.6. The standard InChI is InChI=1S/C19H27N3/c1-20-13-17-7-9-18(10-8-17)19-14-21-22(15-19)12-11-16-5-3-2-4-6-16/h7-10,14-16,20H,2-6,11-13H2,1H3. The predicted molar refractivity (Wildman–Crippen MR) is 91.6 cm³/mol. The molecule has 0 bridgehead atoms. The van der Waals surface area contributed by atoms with Crippen molar-refractivity contribution in [1.29, 1.82) is 0 Å². The summed E-state index contributed by atoms with van der Waals surface area (Å²) < 4.78 is 2.12. The minimum Gasteiger partial charge on any atom is -0.316 e. The van der Waals surface area contributed by atoms with E-state index < -0.39 is 0 Å². The highest BCUT2D eigenvalue weighted by atomic mass is 15.3. The molecule has 1 saturated carbocycles. The quantitative estimate of drug-likeness (QED) is 0.864. The van der Waals surface area contributed by atoms with Crippen LogP contribution in [0.3, 0.4) is 0 Å². The van der Waals surface area contributed by atoms with Crippen LogP contribution < -0.4 is 5.32 Å². The monoisotopic (exact) mass is 297 g/mol. The second kappa shape index (κ2) is 7.59. The van der Waals surface area contributed by atoms with Crippen molar-refractivity contribution >= 4 is 0 Å². The lowest BCUT2D eigenvalue weighted by Crippen LogP contribution is -2.10. The third kappa shape index (κ3) is 3.98. The number of rotatable bonds is 6. The van der Waals surface area contributed by atoms with E-state index in [0.29, 0.717) is 0 Å². The summed E-state index contributed by atoms with van der Waals surface area (Å²) in [5, 5.41) is 7.72. The molecule has 118 valence electrons. The summed E-state index contributed by atoms with van der Waals surface area (Å²) in [6.07, 6.45) is 12.6. The molecule has 1 aliphatic carbocycles. The number of nitrogens with zero attached hydrogens (tertiary/aromatic N) is 2. The van der Waals surface area contributed by atoms with Gasteiger partial charge in [0.2, 0.25) is 0 Å². The van der Waals surface area contributed by atoms with E-state index in [0.717, 1.165) is 19.0 Å². The van der Waals surface area contributed by atoms with Crippen LogP contribution in [0.1, 0.15) is 44.1 Å². The van der Waals surface area contributed by atoms with E-state index in [1.807, 2.05) is 13.2 Å². The van der Waals surface area contributed by atoms with Gasteiger partial charge in [-0.05, 0) is 30.5 Å². The lowest BCUT2D eigenvalue weighted by atomic mass is 9.87. The van der Waals surface area contributed by atoms with Crippen LogP contribution in [0.15, 0.2) is 36.7 Å².